The van der Waals surface area contributed by atoms with Gasteiger partial charge in [0.05, 0.1) is 13.7 Å². The summed E-state index contributed by atoms with van der Waals surface area (Å²) < 4.78 is 5.11. The zero-order chi connectivity index (χ0) is 19.9. The topological polar surface area (TPSA) is 70.7 Å². The summed E-state index contributed by atoms with van der Waals surface area (Å²) in [6, 6.07) is 14.1. The number of rotatable bonds is 6. The van der Waals surface area contributed by atoms with Gasteiger partial charge in [0.25, 0.3) is 5.91 Å². The molecule has 0 aliphatic carbocycles. The normalized spacial score (nSPS) is 15.1. The van der Waals surface area contributed by atoms with Crippen LogP contribution in [0.2, 0.25) is 0 Å². The lowest BCUT2D eigenvalue weighted by atomic mass is 9.99. The first-order valence-electron chi connectivity index (χ1n) is 9.61. The molecule has 28 heavy (non-hydrogen) atoms. The van der Waals surface area contributed by atoms with Crippen LogP contribution in [0.25, 0.3) is 0 Å². The van der Waals surface area contributed by atoms with Gasteiger partial charge < -0.3 is 15.4 Å². The highest BCUT2D eigenvalue weighted by atomic mass is 16.5. The van der Waals surface area contributed by atoms with Crippen LogP contribution in [-0.4, -0.2) is 43.5 Å². The highest BCUT2D eigenvalue weighted by molar-refractivity contribution is 6.04. The maximum absolute atomic E-state index is 12.4. The molecule has 0 unspecified atom stereocenters. The fourth-order valence-corrected chi connectivity index (χ4v) is 3.21. The fraction of sp³-hybridized carbons (Fsp3) is 0.364. The number of anilines is 2. The van der Waals surface area contributed by atoms with Gasteiger partial charge in [0.15, 0.2) is 0 Å². The lowest BCUT2D eigenvalue weighted by molar-refractivity contribution is -0.117. The van der Waals surface area contributed by atoms with Crippen LogP contribution >= 0.6 is 0 Å². The van der Waals surface area contributed by atoms with E-state index in [1.807, 2.05) is 0 Å². The first-order chi connectivity index (χ1) is 13.5. The van der Waals surface area contributed by atoms with Crippen molar-refractivity contribution in [1.82, 2.24) is 4.90 Å². The van der Waals surface area contributed by atoms with Gasteiger partial charge in [0.2, 0.25) is 5.91 Å². The van der Waals surface area contributed by atoms with E-state index in [4.69, 9.17) is 4.74 Å². The van der Waals surface area contributed by atoms with Crippen molar-refractivity contribution in [3.8, 4) is 5.75 Å². The van der Waals surface area contributed by atoms with E-state index in [0.29, 0.717) is 23.5 Å². The van der Waals surface area contributed by atoms with Crippen LogP contribution in [-0.2, 0) is 4.79 Å². The van der Waals surface area contributed by atoms with Crippen molar-refractivity contribution >= 4 is 23.2 Å². The van der Waals surface area contributed by atoms with Crippen molar-refractivity contribution in [2.24, 2.45) is 5.92 Å². The number of carbonyl (C=O) groups is 2. The van der Waals surface area contributed by atoms with Gasteiger partial charge in [0, 0.05) is 16.9 Å². The van der Waals surface area contributed by atoms with E-state index in [2.05, 4.69) is 22.5 Å². The second-order valence-corrected chi connectivity index (χ2v) is 7.27. The molecule has 2 amide bonds. The van der Waals surface area contributed by atoms with Gasteiger partial charge in [0.1, 0.15) is 5.75 Å². The molecule has 0 aromatic heterocycles. The lowest BCUT2D eigenvalue weighted by Crippen LogP contribution is -2.38. The Kier molecular flexibility index (Phi) is 6.66. The van der Waals surface area contributed by atoms with Gasteiger partial charge in [-0.25, -0.2) is 0 Å². The van der Waals surface area contributed by atoms with Crippen molar-refractivity contribution in [2.75, 3.05) is 37.4 Å². The molecule has 0 bridgehead atoms. The Morgan fingerprint density at radius 2 is 1.54 bits per heavy atom. The van der Waals surface area contributed by atoms with Crippen molar-refractivity contribution in [1.29, 1.82) is 0 Å². The summed E-state index contributed by atoms with van der Waals surface area (Å²) >= 11 is 0. The second-order valence-electron chi connectivity index (χ2n) is 7.27. The quantitative estimate of drug-likeness (QED) is 0.802. The molecule has 2 aromatic rings. The predicted octanol–water partition coefficient (Wildman–Crippen LogP) is 3.62. The zero-order valence-corrected chi connectivity index (χ0v) is 16.4. The minimum absolute atomic E-state index is 0.0232. The summed E-state index contributed by atoms with van der Waals surface area (Å²) in [6.45, 7) is 4.61. The van der Waals surface area contributed by atoms with Gasteiger partial charge in [-0.3, -0.25) is 14.5 Å². The van der Waals surface area contributed by atoms with E-state index in [1.54, 1.807) is 55.6 Å². The van der Waals surface area contributed by atoms with E-state index >= 15 is 0 Å². The van der Waals surface area contributed by atoms with E-state index in [9.17, 15) is 9.59 Å². The number of carbonyl (C=O) groups excluding carboxylic acids is 2. The molecule has 0 spiro atoms. The minimum Gasteiger partial charge on any atom is -0.497 e. The van der Waals surface area contributed by atoms with Gasteiger partial charge in [-0.05, 0) is 80.4 Å². The molecule has 148 valence electrons. The number of hydrogen-bond donors (Lipinski definition) is 2. The Morgan fingerprint density at radius 3 is 2.14 bits per heavy atom. The molecule has 0 radical (unpaired) electrons. The SMILES string of the molecule is COc1ccc(NC(=O)c2ccc(NC(=O)CN3CCC(C)CC3)cc2)cc1. The van der Waals surface area contributed by atoms with Crippen LogP contribution < -0.4 is 15.4 Å². The van der Waals surface area contributed by atoms with E-state index in [-0.39, 0.29) is 11.8 Å². The Hall–Kier alpha value is -2.86. The van der Waals surface area contributed by atoms with Crippen molar-refractivity contribution in [2.45, 2.75) is 19.8 Å². The van der Waals surface area contributed by atoms with E-state index < -0.39 is 0 Å². The molecule has 3 rings (SSSR count). The molecule has 1 heterocycles. The van der Waals surface area contributed by atoms with Crippen LogP contribution in [0.15, 0.2) is 48.5 Å². The van der Waals surface area contributed by atoms with E-state index in [0.717, 1.165) is 37.6 Å². The maximum Gasteiger partial charge on any atom is 0.255 e. The summed E-state index contributed by atoms with van der Waals surface area (Å²) in [5.74, 6) is 1.25. The molecule has 2 aromatic carbocycles. The number of nitrogens with zero attached hydrogens (tertiary/aromatic N) is 1. The second kappa shape index (κ2) is 9.37. The Morgan fingerprint density at radius 1 is 0.964 bits per heavy atom. The molecule has 1 aliphatic rings. The van der Waals surface area contributed by atoms with Crippen LogP contribution in [0.3, 0.4) is 0 Å². The van der Waals surface area contributed by atoms with Gasteiger partial charge >= 0.3 is 0 Å². The number of nitrogens with one attached hydrogen (secondary N) is 2. The van der Waals surface area contributed by atoms with Gasteiger partial charge in [-0.15, -0.1) is 0 Å². The predicted molar refractivity (Wildman–Crippen MR) is 111 cm³/mol. The monoisotopic (exact) mass is 381 g/mol. The van der Waals surface area contributed by atoms with Crippen molar-refractivity contribution in [3.63, 3.8) is 0 Å². The third-order valence-electron chi connectivity index (χ3n) is 5.02. The maximum atomic E-state index is 12.4. The van der Waals surface area contributed by atoms with Crippen LogP contribution in [0.4, 0.5) is 11.4 Å². The number of hydrogen-bond acceptors (Lipinski definition) is 4. The number of ether oxygens (including phenoxy) is 1. The van der Waals surface area contributed by atoms with E-state index in [1.165, 1.54) is 0 Å². The molecule has 1 aliphatic heterocycles. The van der Waals surface area contributed by atoms with Crippen molar-refractivity contribution < 1.29 is 14.3 Å². The molecule has 2 N–H and O–H groups in total. The minimum atomic E-state index is -0.203. The average Bonchev–Trinajstić information content (AvgIpc) is 2.71. The Labute approximate surface area is 165 Å². The summed E-state index contributed by atoms with van der Waals surface area (Å²) in [6.07, 6.45) is 2.29. The smallest absolute Gasteiger partial charge is 0.255 e. The average molecular weight is 381 g/mol. The molecule has 6 nitrogen and oxygen atoms in total. The van der Waals surface area contributed by atoms with Gasteiger partial charge in [-0.2, -0.15) is 0 Å². The van der Waals surface area contributed by atoms with Gasteiger partial charge in [-0.1, -0.05) is 6.92 Å². The Balaban J connectivity index is 1.50. The first-order valence-corrected chi connectivity index (χ1v) is 9.61. The molecule has 1 saturated heterocycles. The highest BCUT2D eigenvalue weighted by Gasteiger charge is 2.18. The fourth-order valence-electron chi connectivity index (χ4n) is 3.21. The summed E-state index contributed by atoms with van der Waals surface area (Å²) in [5, 5.41) is 5.74. The number of piperidine rings is 1. The number of amides is 2. The Bertz CT molecular complexity index is 795. The van der Waals surface area contributed by atoms with Crippen LogP contribution in [0.5, 0.6) is 5.75 Å². The lowest BCUT2D eigenvalue weighted by Gasteiger charge is -2.29. The molecular weight excluding hydrogens is 354 g/mol. The third-order valence-corrected chi connectivity index (χ3v) is 5.02. The van der Waals surface area contributed by atoms with Crippen LogP contribution in [0, 0.1) is 5.92 Å². The van der Waals surface area contributed by atoms with Crippen LogP contribution in [0.1, 0.15) is 30.1 Å². The molecule has 0 atom stereocenters. The molecule has 1 fully saturated rings. The first kappa shape index (κ1) is 19.9. The number of likely N-dealkylation sites (tertiary alicyclic amines) is 1. The standard InChI is InChI=1S/C22H27N3O3/c1-16-11-13-25(14-12-16)15-21(26)23-18-5-3-17(4-6-18)22(27)24-19-7-9-20(28-2)10-8-19/h3-10,16H,11-15H2,1-2H3,(H,23,26)(H,24,27). The summed E-state index contributed by atoms with van der Waals surface area (Å²) in [4.78, 5) is 26.8. The summed E-state index contributed by atoms with van der Waals surface area (Å²) in [7, 11) is 1.60. The number of methoxy groups -OCH3 is 1. The third kappa shape index (κ3) is 5.57. The summed E-state index contributed by atoms with van der Waals surface area (Å²) in [5.41, 5.74) is 1.91. The number of benzene rings is 2. The zero-order valence-electron chi connectivity index (χ0n) is 16.4. The molecule has 6 heteroatoms. The molecule has 0 saturated carbocycles. The van der Waals surface area contributed by atoms with Crippen molar-refractivity contribution in [3.05, 3.63) is 54.1 Å². The highest BCUT2D eigenvalue weighted by Crippen LogP contribution is 2.18. The molecular formula is C22H27N3O3. The largest absolute Gasteiger partial charge is 0.497 e.